The summed E-state index contributed by atoms with van der Waals surface area (Å²) in [6.07, 6.45) is 3.24. The molecule has 19 heavy (non-hydrogen) atoms. The SMILES string of the molecule is CC(N)C1CCCCN1C(=O)c1cc(Br)ccc1I. The number of nitrogens with zero attached hydrogens (tertiary/aromatic N) is 1. The number of piperidine rings is 1. The molecular weight excluding hydrogens is 419 g/mol. The number of hydrogen-bond acceptors (Lipinski definition) is 2. The Balaban J connectivity index is 2.28. The van der Waals surface area contributed by atoms with Crippen molar-refractivity contribution in [2.24, 2.45) is 5.73 Å². The van der Waals surface area contributed by atoms with Gasteiger partial charge in [-0.05, 0) is 67.0 Å². The first kappa shape index (κ1) is 15.3. The summed E-state index contributed by atoms with van der Waals surface area (Å²) in [7, 11) is 0. The number of amides is 1. The number of benzene rings is 1. The number of carbonyl (C=O) groups is 1. The van der Waals surface area contributed by atoms with Gasteiger partial charge >= 0.3 is 0 Å². The number of nitrogens with two attached hydrogens (primary N) is 1. The van der Waals surface area contributed by atoms with E-state index < -0.39 is 0 Å². The molecule has 1 heterocycles. The summed E-state index contributed by atoms with van der Waals surface area (Å²) >= 11 is 5.65. The summed E-state index contributed by atoms with van der Waals surface area (Å²) in [4.78, 5) is 14.7. The van der Waals surface area contributed by atoms with Crippen molar-refractivity contribution < 1.29 is 4.79 Å². The summed E-state index contributed by atoms with van der Waals surface area (Å²) in [6.45, 7) is 2.80. The molecule has 2 N–H and O–H groups in total. The lowest BCUT2D eigenvalue weighted by atomic mass is 9.96. The van der Waals surface area contributed by atoms with Crippen LogP contribution in [0.5, 0.6) is 0 Å². The summed E-state index contributed by atoms with van der Waals surface area (Å²) in [5, 5.41) is 0. The molecule has 2 atom stereocenters. The van der Waals surface area contributed by atoms with Crippen LogP contribution in [0.3, 0.4) is 0 Å². The van der Waals surface area contributed by atoms with Crippen molar-refractivity contribution in [2.45, 2.75) is 38.3 Å². The van der Waals surface area contributed by atoms with E-state index in [4.69, 9.17) is 5.73 Å². The lowest BCUT2D eigenvalue weighted by Crippen LogP contribution is -2.51. The van der Waals surface area contributed by atoms with E-state index in [0.29, 0.717) is 0 Å². The minimum atomic E-state index is 0.0223. The number of rotatable bonds is 2. The molecule has 1 aromatic carbocycles. The van der Waals surface area contributed by atoms with E-state index in [2.05, 4.69) is 38.5 Å². The zero-order valence-electron chi connectivity index (χ0n) is 10.9. The normalized spacial score (nSPS) is 21.3. The molecular formula is C14H18BrIN2O. The van der Waals surface area contributed by atoms with E-state index in [0.717, 1.165) is 39.4 Å². The Morgan fingerprint density at radius 3 is 2.95 bits per heavy atom. The summed E-state index contributed by atoms with van der Waals surface area (Å²) < 4.78 is 1.92. The molecule has 0 aliphatic carbocycles. The second-order valence-electron chi connectivity index (χ2n) is 5.04. The van der Waals surface area contributed by atoms with Gasteiger partial charge in [0.2, 0.25) is 0 Å². The molecule has 1 saturated heterocycles. The van der Waals surface area contributed by atoms with Crippen molar-refractivity contribution in [2.75, 3.05) is 6.54 Å². The fourth-order valence-electron chi connectivity index (χ4n) is 2.57. The monoisotopic (exact) mass is 436 g/mol. The number of carbonyl (C=O) groups excluding carboxylic acids is 1. The molecule has 1 aliphatic rings. The maximum atomic E-state index is 12.7. The molecule has 0 saturated carbocycles. The third-order valence-corrected chi connectivity index (χ3v) is 5.01. The Hall–Kier alpha value is -0.140. The van der Waals surface area contributed by atoms with Crippen molar-refractivity contribution in [1.29, 1.82) is 0 Å². The number of halogens is 2. The van der Waals surface area contributed by atoms with Crippen LogP contribution in [-0.2, 0) is 0 Å². The minimum absolute atomic E-state index is 0.0223. The van der Waals surface area contributed by atoms with Gasteiger partial charge in [0.1, 0.15) is 0 Å². The molecule has 2 rings (SSSR count). The highest BCUT2D eigenvalue weighted by molar-refractivity contribution is 14.1. The molecule has 5 heteroatoms. The van der Waals surface area contributed by atoms with E-state index in [-0.39, 0.29) is 18.0 Å². The molecule has 1 aliphatic heterocycles. The zero-order valence-corrected chi connectivity index (χ0v) is 14.6. The molecule has 3 nitrogen and oxygen atoms in total. The van der Waals surface area contributed by atoms with Crippen LogP contribution < -0.4 is 5.73 Å². The Morgan fingerprint density at radius 1 is 1.53 bits per heavy atom. The predicted molar refractivity (Wildman–Crippen MR) is 89.2 cm³/mol. The van der Waals surface area contributed by atoms with Crippen LogP contribution in [0, 0.1) is 3.57 Å². The van der Waals surface area contributed by atoms with Crippen molar-refractivity contribution in [3.63, 3.8) is 0 Å². The van der Waals surface area contributed by atoms with Gasteiger partial charge in [-0.1, -0.05) is 15.9 Å². The predicted octanol–water partition coefficient (Wildman–Crippen LogP) is 3.40. The maximum Gasteiger partial charge on any atom is 0.255 e. The van der Waals surface area contributed by atoms with Crippen LogP contribution >= 0.6 is 38.5 Å². The molecule has 104 valence electrons. The van der Waals surface area contributed by atoms with E-state index in [1.807, 2.05) is 30.0 Å². The van der Waals surface area contributed by atoms with Gasteiger partial charge in [0.15, 0.2) is 0 Å². The van der Waals surface area contributed by atoms with Crippen molar-refractivity contribution in [3.8, 4) is 0 Å². The Morgan fingerprint density at radius 2 is 2.26 bits per heavy atom. The van der Waals surface area contributed by atoms with Crippen LogP contribution in [-0.4, -0.2) is 29.4 Å². The summed E-state index contributed by atoms with van der Waals surface area (Å²) in [6, 6.07) is 6.00. The molecule has 0 radical (unpaired) electrons. The molecule has 1 aromatic rings. The van der Waals surface area contributed by atoms with Gasteiger partial charge in [0.05, 0.1) is 5.56 Å². The van der Waals surface area contributed by atoms with E-state index >= 15 is 0 Å². The van der Waals surface area contributed by atoms with E-state index in [9.17, 15) is 4.79 Å². The summed E-state index contributed by atoms with van der Waals surface area (Å²) in [5.74, 6) is 0.104. The van der Waals surface area contributed by atoms with Crippen LogP contribution in [0.25, 0.3) is 0 Å². The first-order chi connectivity index (χ1) is 9.00. The van der Waals surface area contributed by atoms with Gasteiger partial charge in [0, 0.05) is 26.7 Å². The molecule has 0 spiro atoms. The lowest BCUT2D eigenvalue weighted by Gasteiger charge is -2.38. The Labute approximate surface area is 136 Å². The minimum Gasteiger partial charge on any atom is -0.334 e. The third-order valence-electron chi connectivity index (χ3n) is 3.58. The Kier molecular flexibility index (Phi) is 5.25. The highest BCUT2D eigenvalue weighted by Crippen LogP contribution is 2.25. The van der Waals surface area contributed by atoms with Gasteiger partial charge in [-0.2, -0.15) is 0 Å². The van der Waals surface area contributed by atoms with Crippen LogP contribution in [0.2, 0.25) is 0 Å². The first-order valence-electron chi connectivity index (χ1n) is 6.52. The van der Waals surface area contributed by atoms with Crippen molar-refractivity contribution >= 4 is 44.4 Å². The highest BCUT2D eigenvalue weighted by atomic mass is 127. The van der Waals surface area contributed by atoms with Crippen LogP contribution in [0.1, 0.15) is 36.5 Å². The van der Waals surface area contributed by atoms with Gasteiger partial charge in [-0.25, -0.2) is 0 Å². The molecule has 1 amide bonds. The average Bonchev–Trinajstić information content (AvgIpc) is 2.40. The molecule has 2 unspecified atom stereocenters. The van der Waals surface area contributed by atoms with E-state index in [1.54, 1.807) is 0 Å². The maximum absolute atomic E-state index is 12.7. The molecule has 1 fully saturated rings. The second-order valence-corrected chi connectivity index (χ2v) is 7.12. The fourth-order valence-corrected chi connectivity index (χ4v) is 3.50. The largest absolute Gasteiger partial charge is 0.334 e. The van der Waals surface area contributed by atoms with Crippen molar-refractivity contribution in [3.05, 3.63) is 31.8 Å². The quantitative estimate of drug-likeness (QED) is 0.722. The van der Waals surface area contributed by atoms with Gasteiger partial charge in [-0.3, -0.25) is 4.79 Å². The van der Waals surface area contributed by atoms with Crippen molar-refractivity contribution in [1.82, 2.24) is 4.90 Å². The smallest absolute Gasteiger partial charge is 0.255 e. The topological polar surface area (TPSA) is 46.3 Å². The van der Waals surface area contributed by atoms with Gasteiger partial charge < -0.3 is 10.6 Å². The standard InChI is InChI=1S/C14H18BrIN2O/c1-9(17)13-4-2-3-7-18(13)14(19)11-8-10(15)5-6-12(11)16/h5-6,8-9,13H,2-4,7,17H2,1H3. The number of likely N-dealkylation sites (tertiary alicyclic amines) is 1. The lowest BCUT2D eigenvalue weighted by molar-refractivity contribution is 0.0582. The van der Waals surface area contributed by atoms with Crippen LogP contribution in [0.15, 0.2) is 22.7 Å². The zero-order chi connectivity index (χ0) is 14.0. The fraction of sp³-hybridized carbons (Fsp3) is 0.500. The third kappa shape index (κ3) is 3.49. The first-order valence-corrected chi connectivity index (χ1v) is 8.39. The summed E-state index contributed by atoms with van der Waals surface area (Å²) in [5.41, 5.74) is 6.80. The van der Waals surface area contributed by atoms with Gasteiger partial charge in [-0.15, -0.1) is 0 Å². The van der Waals surface area contributed by atoms with Gasteiger partial charge in [0.25, 0.3) is 5.91 Å². The average molecular weight is 437 g/mol. The number of hydrogen-bond donors (Lipinski definition) is 1. The molecule has 0 bridgehead atoms. The Bertz CT molecular complexity index is 479. The highest BCUT2D eigenvalue weighted by Gasteiger charge is 2.30. The molecule has 0 aromatic heterocycles. The van der Waals surface area contributed by atoms with E-state index in [1.165, 1.54) is 0 Å². The van der Waals surface area contributed by atoms with Crippen LogP contribution in [0.4, 0.5) is 0 Å². The second kappa shape index (κ2) is 6.54.